The maximum Gasteiger partial charge on any atom is 0.253 e. The van der Waals surface area contributed by atoms with Gasteiger partial charge in [-0.3, -0.25) is 4.90 Å². The molecule has 2 atom stereocenters. The molecule has 0 N–H and O–H groups in total. The summed E-state index contributed by atoms with van der Waals surface area (Å²) in [5, 5.41) is 26.5. The molecular weight excluding hydrogens is 332 g/mol. The van der Waals surface area contributed by atoms with Crippen molar-refractivity contribution in [1.29, 1.82) is 10.5 Å². The summed E-state index contributed by atoms with van der Waals surface area (Å²) in [4.78, 5) is 8.18. The highest BCUT2D eigenvalue weighted by Crippen LogP contribution is 2.32. The highest BCUT2D eigenvalue weighted by molar-refractivity contribution is 5.50. The Kier molecular flexibility index (Phi) is 3.90. The Morgan fingerprint density at radius 1 is 1.35 bits per heavy atom. The predicted octanol–water partition coefficient (Wildman–Crippen LogP) is 1.80. The molecule has 0 aromatic carbocycles. The summed E-state index contributed by atoms with van der Waals surface area (Å²) >= 11 is 0. The van der Waals surface area contributed by atoms with E-state index in [1.165, 1.54) is 6.20 Å². The van der Waals surface area contributed by atoms with E-state index < -0.39 is 0 Å². The summed E-state index contributed by atoms with van der Waals surface area (Å²) in [5.74, 6) is 1.79. The third-order valence-electron chi connectivity index (χ3n) is 4.65. The minimum Gasteiger partial charge on any atom is -0.344 e. The zero-order valence-corrected chi connectivity index (χ0v) is 14.1. The third kappa shape index (κ3) is 2.60. The van der Waals surface area contributed by atoms with Crippen molar-refractivity contribution in [2.24, 2.45) is 0 Å². The molecule has 130 valence electrons. The predicted molar refractivity (Wildman–Crippen MR) is 89.5 cm³/mol. The van der Waals surface area contributed by atoms with Gasteiger partial charge in [-0.15, -0.1) is 0 Å². The van der Waals surface area contributed by atoms with Gasteiger partial charge in [0.25, 0.3) is 5.89 Å². The minimum absolute atomic E-state index is 0.116. The fourth-order valence-electron chi connectivity index (χ4n) is 3.29. The maximum atomic E-state index is 9.21. The van der Waals surface area contributed by atoms with E-state index in [9.17, 15) is 5.26 Å². The first-order chi connectivity index (χ1) is 12.7. The van der Waals surface area contributed by atoms with E-state index in [4.69, 9.17) is 9.78 Å². The molecule has 0 spiro atoms. The lowest BCUT2D eigenvalue weighted by atomic mass is 10.1. The molecule has 9 nitrogen and oxygen atoms in total. The van der Waals surface area contributed by atoms with Gasteiger partial charge in [-0.25, -0.2) is 4.68 Å². The summed E-state index contributed by atoms with van der Waals surface area (Å²) in [6.07, 6.45) is 12.9. The van der Waals surface area contributed by atoms with E-state index in [-0.39, 0.29) is 12.1 Å². The summed E-state index contributed by atoms with van der Waals surface area (Å²) in [6.45, 7) is 0.724. The monoisotopic (exact) mass is 348 g/mol. The molecule has 0 saturated carbocycles. The van der Waals surface area contributed by atoms with Crippen molar-refractivity contribution in [2.45, 2.75) is 24.9 Å². The Morgan fingerprint density at radius 3 is 3.00 bits per heavy atom. The van der Waals surface area contributed by atoms with Crippen molar-refractivity contribution >= 4 is 5.82 Å². The van der Waals surface area contributed by atoms with E-state index in [1.807, 2.05) is 30.2 Å². The molecule has 26 heavy (non-hydrogen) atoms. The Balaban J connectivity index is 1.58. The van der Waals surface area contributed by atoms with Crippen LogP contribution >= 0.6 is 0 Å². The Labute approximate surface area is 150 Å². The highest BCUT2D eigenvalue weighted by Gasteiger charge is 2.32. The number of hydrogen-bond acceptors (Lipinski definition) is 8. The molecule has 0 radical (unpaired) electrons. The molecule has 2 aromatic heterocycles. The Morgan fingerprint density at radius 2 is 2.23 bits per heavy atom. The van der Waals surface area contributed by atoms with Gasteiger partial charge < -0.3 is 9.42 Å². The van der Waals surface area contributed by atoms with Gasteiger partial charge in [-0.2, -0.15) is 20.6 Å². The number of rotatable bonds is 3. The number of nitrogens with zero attached hydrogens (tertiary/aromatic N) is 8. The number of hydrogen-bond donors (Lipinski definition) is 0. The van der Waals surface area contributed by atoms with Crippen molar-refractivity contribution in [3.05, 3.63) is 47.9 Å². The summed E-state index contributed by atoms with van der Waals surface area (Å²) in [6, 6.07) is 1.71. The van der Waals surface area contributed by atoms with Crippen LogP contribution in [0.5, 0.6) is 0 Å². The second kappa shape index (κ2) is 6.37. The summed E-state index contributed by atoms with van der Waals surface area (Å²) < 4.78 is 7.13. The van der Waals surface area contributed by atoms with E-state index in [0.29, 0.717) is 17.3 Å². The molecule has 0 bridgehead atoms. The second-order valence-electron chi connectivity index (χ2n) is 6.19. The van der Waals surface area contributed by atoms with Crippen LogP contribution in [0.4, 0.5) is 0 Å². The lowest BCUT2D eigenvalue weighted by Gasteiger charge is -2.29. The number of nitriles is 2. The first-order valence-corrected chi connectivity index (χ1v) is 8.27. The van der Waals surface area contributed by atoms with Gasteiger partial charge in [0, 0.05) is 13.6 Å². The molecule has 9 heteroatoms. The van der Waals surface area contributed by atoms with Crippen LogP contribution < -0.4 is 0 Å². The fraction of sp³-hybridized carbons (Fsp3) is 0.353. The van der Waals surface area contributed by atoms with Crippen molar-refractivity contribution < 1.29 is 4.52 Å². The van der Waals surface area contributed by atoms with Crippen LogP contribution in [0.15, 0.2) is 35.1 Å². The Bertz CT molecular complexity index is 956. The topological polar surface area (TPSA) is 111 Å². The SMILES string of the molecule is CN1C(n2cc(C#N)cn2)=CC=CC1c1nc([C@@H]2CCCN2C#N)no1. The zero-order valence-electron chi connectivity index (χ0n) is 14.1. The molecule has 0 amide bonds. The van der Waals surface area contributed by atoms with Gasteiger partial charge >= 0.3 is 0 Å². The van der Waals surface area contributed by atoms with Crippen LogP contribution in [-0.2, 0) is 0 Å². The van der Waals surface area contributed by atoms with Gasteiger partial charge in [0.05, 0.1) is 18.0 Å². The van der Waals surface area contributed by atoms with Crippen LogP contribution in [0.25, 0.3) is 5.82 Å². The number of likely N-dealkylation sites (tertiary alicyclic amines) is 1. The largest absolute Gasteiger partial charge is 0.344 e. The second-order valence-corrected chi connectivity index (χ2v) is 6.19. The van der Waals surface area contributed by atoms with E-state index >= 15 is 0 Å². The summed E-state index contributed by atoms with van der Waals surface area (Å²) in [7, 11) is 1.90. The van der Waals surface area contributed by atoms with Crippen LogP contribution in [0.1, 0.15) is 42.2 Å². The standard InChI is InChI=1S/C17H16N8O/c1-23-14(4-2-6-15(23)25-10-12(8-18)9-20-25)17-21-16(22-26-17)13-5-3-7-24(13)11-19/h2,4,6,9-10,13-14H,3,5,7H2,1H3/t13-,14?/m0/s1. The molecule has 1 unspecified atom stereocenters. The van der Waals surface area contributed by atoms with Crippen molar-refractivity contribution in [2.75, 3.05) is 13.6 Å². The van der Waals surface area contributed by atoms with E-state index in [0.717, 1.165) is 25.2 Å². The molecule has 0 aliphatic carbocycles. The quantitative estimate of drug-likeness (QED) is 0.772. The highest BCUT2D eigenvalue weighted by atomic mass is 16.5. The van der Waals surface area contributed by atoms with Crippen LogP contribution in [0, 0.1) is 22.8 Å². The minimum atomic E-state index is -0.247. The van der Waals surface area contributed by atoms with E-state index in [1.54, 1.807) is 15.8 Å². The molecule has 1 saturated heterocycles. The third-order valence-corrected chi connectivity index (χ3v) is 4.65. The van der Waals surface area contributed by atoms with Crippen LogP contribution in [0.2, 0.25) is 0 Å². The van der Waals surface area contributed by atoms with Gasteiger partial charge in [0.2, 0.25) is 0 Å². The smallest absolute Gasteiger partial charge is 0.253 e. The first kappa shape index (κ1) is 15.9. The fourth-order valence-corrected chi connectivity index (χ4v) is 3.29. The normalized spacial score (nSPS) is 22.2. The molecule has 4 heterocycles. The van der Waals surface area contributed by atoms with E-state index in [2.05, 4.69) is 27.5 Å². The Hall–Kier alpha value is -3.59. The maximum absolute atomic E-state index is 9.21. The zero-order chi connectivity index (χ0) is 18.1. The lowest BCUT2D eigenvalue weighted by Crippen LogP contribution is -2.27. The van der Waals surface area contributed by atoms with Gasteiger partial charge in [0.15, 0.2) is 12.0 Å². The molecule has 2 aromatic rings. The number of likely N-dealkylation sites (N-methyl/N-ethyl adjacent to an activating group) is 1. The van der Waals surface area contributed by atoms with Crippen LogP contribution in [0.3, 0.4) is 0 Å². The van der Waals surface area contributed by atoms with Gasteiger partial charge in [-0.1, -0.05) is 17.3 Å². The lowest BCUT2D eigenvalue weighted by molar-refractivity contribution is 0.281. The molecule has 4 rings (SSSR count). The van der Waals surface area contributed by atoms with Crippen molar-refractivity contribution in [1.82, 2.24) is 29.7 Å². The molecule has 1 fully saturated rings. The molecule has 2 aliphatic rings. The van der Waals surface area contributed by atoms with Gasteiger partial charge in [-0.05, 0) is 18.9 Å². The average molecular weight is 348 g/mol. The van der Waals surface area contributed by atoms with Crippen molar-refractivity contribution in [3.63, 3.8) is 0 Å². The number of allylic oxidation sites excluding steroid dienone is 2. The first-order valence-electron chi connectivity index (χ1n) is 8.27. The number of aromatic nitrogens is 4. The molecule has 2 aliphatic heterocycles. The molecular formula is C17H16N8O. The van der Waals surface area contributed by atoms with Crippen LogP contribution in [-0.4, -0.2) is 43.3 Å². The van der Waals surface area contributed by atoms with Gasteiger partial charge in [0.1, 0.15) is 24.0 Å². The average Bonchev–Trinajstić information content (AvgIpc) is 3.40. The summed E-state index contributed by atoms with van der Waals surface area (Å²) in [5.41, 5.74) is 0.489. The van der Waals surface area contributed by atoms with Crippen molar-refractivity contribution in [3.8, 4) is 12.3 Å².